The van der Waals surface area contributed by atoms with Crippen molar-refractivity contribution in [2.24, 2.45) is 0 Å². The van der Waals surface area contributed by atoms with E-state index in [1.54, 1.807) is 30.3 Å². The van der Waals surface area contributed by atoms with Crippen LogP contribution >= 0.6 is 0 Å². The summed E-state index contributed by atoms with van der Waals surface area (Å²) in [6.07, 6.45) is 9.55. The largest absolute Gasteiger partial charge is 0.493 e. The summed E-state index contributed by atoms with van der Waals surface area (Å²) in [6, 6.07) is 11.1. The van der Waals surface area contributed by atoms with Crippen LogP contribution < -0.4 is 15.2 Å². The van der Waals surface area contributed by atoms with Crippen LogP contribution in [0.25, 0.3) is 6.08 Å². The fourth-order valence-corrected chi connectivity index (χ4v) is 3.04. The first-order valence-electron chi connectivity index (χ1n) is 11.1. The molecule has 0 spiro atoms. The van der Waals surface area contributed by atoms with Gasteiger partial charge in [0.1, 0.15) is 11.5 Å². The van der Waals surface area contributed by atoms with E-state index in [0.717, 1.165) is 61.2 Å². The Hall–Kier alpha value is -2.75. The summed E-state index contributed by atoms with van der Waals surface area (Å²) in [4.78, 5) is 12.6. The van der Waals surface area contributed by atoms with Gasteiger partial charge in [-0.25, -0.2) is 0 Å². The number of carbonyl (C=O) groups is 1. The van der Waals surface area contributed by atoms with E-state index in [9.17, 15) is 4.79 Å². The maximum Gasteiger partial charge on any atom is 0.185 e. The van der Waals surface area contributed by atoms with Gasteiger partial charge in [0, 0.05) is 22.9 Å². The molecule has 0 bridgehead atoms. The summed E-state index contributed by atoms with van der Waals surface area (Å²) < 4.78 is 12.1. The van der Waals surface area contributed by atoms with Crippen molar-refractivity contribution < 1.29 is 14.3 Å². The average molecular weight is 410 g/mol. The van der Waals surface area contributed by atoms with Crippen molar-refractivity contribution in [3.05, 3.63) is 59.2 Å². The number of hydrogen-bond acceptors (Lipinski definition) is 4. The first kappa shape index (κ1) is 23.5. The lowest BCUT2D eigenvalue weighted by Crippen LogP contribution is -2.04. The molecular weight excluding hydrogens is 374 g/mol. The molecule has 0 saturated carbocycles. The number of ether oxygens (including phenoxy) is 2. The number of ketones is 1. The van der Waals surface area contributed by atoms with Crippen LogP contribution in [0.15, 0.2) is 42.5 Å². The molecule has 0 aliphatic heterocycles. The van der Waals surface area contributed by atoms with E-state index in [4.69, 9.17) is 15.2 Å². The van der Waals surface area contributed by atoms with Gasteiger partial charge in [0.2, 0.25) is 0 Å². The molecule has 2 N–H and O–H groups in total. The van der Waals surface area contributed by atoms with Gasteiger partial charge in [-0.1, -0.05) is 40.0 Å². The number of aryl methyl sites for hydroxylation is 1. The predicted octanol–water partition coefficient (Wildman–Crippen LogP) is 6.48. The Morgan fingerprint density at radius 1 is 0.900 bits per heavy atom. The van der Waals surface area contributed by atoms with E-state index in [1.807, 2.05) is 12.1 Å². The summed E-state index contributed by atoms with van der Waals surface area (Å²) in [5.74, 6) is 1.59. The topological polar surface area (TPSA) is 61.5 Å². The summed E-state index contributed by atoms with van der Waals surface area (Å²) in [7, 11) is 0. The average Bonchev–Trinajstić information content (AvgIpc) is 2.75. The molecule has 2 aromatic rings. The molecule has 0 atom stereocenters. The minimum atomic E-state index is -0.0603. The lowest BCUT2D eigenvalue weighted by molar-refractivity contribution is 0.104. The Labute approximate surface area is 181 Å². The number of anilines is 1. The fourth-order valence-electron chi connectivity index (χ4n) is 3.04. The molecule has 4 nitrogen and oxygen atoms in total. The Morgan fingerprint density at radius 3 is 2.13 bits per heavy atom. The van der Waals surface area contributed by atoms with E-state index in [1.165, 1.54) is 0 Å². The fraction of sp³-hybridized carbons (Fsp3) is 0.423. The second kappa shape index (κ2) is 12.7. The lowest BCUT2D eigenvalue weighted by Gasteiger charge is -2.16. The van der Waals surface area contributed by atoms with Crippen LogP contribution in [0.1, 0.15) is 74.4 Å². The smallest absolute Gasteiger partial charge is 0.185 e. The number of benzene rings is 2. The molecule has 2 aromatic carbocycles. The Balaban J connectivity index is 2.31. The maximum atomic E-state index is 12.6. The molecule has 2 rings (SSSR count). The van der Waals surface area contributed by atoms with E-state index in [0.29, 0.717) is 24.5 Å². The highest BCUT2D eigenvalue weighted by Gasteiger charge is 2.12. The molecule has 0 radical (unpaired) electrons. The van der Waals surface area contributed by atoms with Gasteiger partial charge in [0.15, 0.2) is 5.78 Å². The molecule has 0 amide bonds. The minimum Gasteiger partial charge on any atom is -0.493 e. The number of nitrogens with two attached hydrogens (primary N) is 1. The van der Waals surface area contributed by atoms with Gasteiger partial charge in [-0.2, -0.15) is 0 Å². The predicted molar refractivity (Wildman–Crippen MR) is 125 cm³/mol. The van der Waals surface area contributed by atoms with Crippen LogP contribution in [0.3, 0.4) is 0 Å². The van der Waals surface area contributed by atoms with Gasteiger partial charge in [-0.15, -0.1) is 0 Å². The van der Waals surface area contributed by atoms with Gasteiger partial charge in [0.25, 0.3) is 0 Å². The number of unbranched alkanes of at least 4 members (excludes halogenated alkanes) is 2. The van der Waals surface area contributed by atoms with Crippen molar-refractivity contribution in [1.29, 1.82) is 0 Å². The molecule has 30 heavy (non-hydrogen) atoms. The zero-order chi connectivity index (χ0) is 21.8. The molecule has 0 unspecified atom stereocenters. The zero-order valence-corrected chi connectivity index (χ0v) is 18.6. The van der Waals surface area contributed by atoms with Gasteiger partial charge in [-0.3, -0.25) is 4.79 Å². The SMILES string of the molecule is CCCCOc1cc(OCCCC)c(CCC)cc1/C=C/C(=O)c1ccc(N)cc1. The minimum absolute atomic E-state index is 0.0603. The van der Waals surface area contributed by atoms with Crippen molar-refractivity contribution in [3.63, 3.8) is 0 Å². The third kappa shape index (κ3) is 7.25. The van der Waals surface area contributed by atoms with Crippen LogP contribution in [0.2, 0.25) is 0 Å². The highest BCUT2D eigenvalue weighted by Crippen LogP contribution is 2.32. The number of nitrogen functional groups attached to an aromatic ring is 1. The monoisotopic (exact) mass is 409 g/mol. The van der Waals surface area contributed by atoms with Gasteiger partial charge < -0.3 is 15.2 Å². The van der Waals surface area contributed by atoms with E-state index in [2.05, 4.69) is 26.8 Å². The lowest BCUT2D eigenvalue weighted by atomic mass is 10.0. The second-order valence-corrected chi connectivity index (χ2v) is 7.47. The van der Waals surface area contributed by atoms with Gasteiger partial charge in [0.05, 0.1) is 13.2 Å². The maximum absolute atomic E-state index is 12.6. The summed E-state index contributed by atoms with van der Waals surface area (Å²) in [5, 5.41) is 0. The molecule has 4 heteroatoms. The zero-order valence-electron chi connectivity index (χ0n) is 18.6. The highest BCUT2D eigenvalue weighted by atomic mass is 16.5. The Kier molecular flexibility index (Phi) is 9.99. The number of rotatable bonds is 13. The van der Waals surface area contributed by atoms with Crippen LogP contribution in [-0.2, 0) is 6.42 Å². The molecule has 162 valence electrons. The molecule has 0 heterocycles. The molecule has 0 saturated heterocycles. The van der Waals surface area contributed by atoms with Crippen molar-refractivity contribution in [1.82, 2.24) is 0 Å². The van der Waals surface area contributed by atoms with Crippen LogP contribution in [0.4, 0.5) is 5.69 Å². The first-order valence-corrected chi connectivity index (χ1v) is 11.1. The summed E-state index contributed by atoms with van der Waals surface area (Å²) in [6.45, 7) is 7.79. The van der Waals surface area contributed by atoms with Gasteiger partial charge >= 0.3 is 0 Å². The molecular formula is C26H35NO3. The van der Waals surface area contributed by atoms with Crippen molar-refractivity contribution in [2.75, 3.05) is 18.9 Å². The van der Waals surface area contributed by atoms with E-state index >= 15 is 0 Å². The standard InChI is InChI=1S/C26H35NO3/c1-4-7-16-29-25-19-26(30-17-8-5-2)22(18-21(25)9-6-3)12-15-24(28)20-10-13-23(27)14-11-20/h10-15,18-19H,4-9,16-17,27H2,1-3H3/b15-12+. The number of hydrogen-bond donors (Lipinski definition) is 1. The molecule has 0 aliphatic rings. The molecule has 0 aliphatic carbocycles. The van der Waals surface area contributed by atoms with Gasteiger partial charge in [-0.05, 0) is 67.3 Å². The molecule has 0 fully saturated rings. The number of carbonyl (C=O) groups excluding carboxylic acids is 1. The first-order chi connectivity index (χ1) is 14.6. The van der Waals surface area contributed by atoms with Crippen molar-refractivity contribution >= 4 is 17.5 Å². The van der Waals surface area contributed by atoms with Crippen LogP contribution in [0, 0.1) is 0 Å². The second-order valence-electron chi connectivity index (χ2n) is 7.47. The highest BCUT2D eigenvalue weighted by molar-refractivity contribution is 6.07. The Bertz CT molecular complexity index is 825. The van der Waals surface area contributed by atoms with Crippen molar-refractivity contribution in [3.8, 4) is 11.5 Å². The van der Waals surface area contributed by atoms with Crippen LogP contribution in [-0.4, -0.2) is 19.0 Å². The van der Waals surface area contributed by atoms with Crippen LogP contribution in [0.5, 0.6) is 11.5 Å². The van der Waals surface area contributed by atoms with E-state index in [-0.39, 0.29) is 5.78 Å². The van der Waals surface area contributed by atoms with E-state index < -0.39 is 0 Å². The number of allylic oxidation sites excluding steroid dienone is 1. The Morgan fingerprint density at radius 2 is 1.53 bits per heavy atom. The summed E-state index contributed by atoms with van der Waals surface area (Å²) >= 11 is 0. The normalized spacial score (nSPS) is 11.0. The quantitative estimate of drug-likeness (QED) is 0.178. The third-order valence-corrected chi connectivity index (χ3v) is 4.83. The third-order valence-electron chi connectivity index (χ3n) is 4.83. The summed E-state index contributed by atoms with van der Waals surface area (Å²) in [5.41, 5.74) is 9.02. The molecule has 0 aromatic heterocycles. The van der Waals surface area contributed by atoms with Crippen molar-refractivity contribution in [2.45, 2.75) is 59.3 Å².